The van der Waals surface area contributed by atoms with Crippen molar-refractivity contribution >= 4 is 17.4 Å². The average Bonchev–Trinajstić information content (AvgIpc) is 2.27. The first-order chi connectivity index (χ1) is 7.45. The molecule has 0 saturated carbocycles. The number of benzene rings is 1. The van der Waals surface area contributed by atoms with Crippen molar-refractivity contribution in [3.05, 3.63) is 34.4 Å². The molecule has 1 aromatic rings. The van der Waals surface area contributed by atoms with Gasteiger partial charge >= 0.3 is 0 Å². The molecule has 0 aromatic heterocycles. The number of hydrogen-bond donors (Lipinski definition) is 1. The van der Waals surface area contributed by atoms with Crippen LogP contribution in [0.4, 0.5) is 5.69 Å². The van der Waals surface area contributed by atoms with Gasteiger partial charge in [-0.2, -0.15) is 0 Å². The standard InChI is InChI=1S/C11H16N2O2S/c1-11(2,13(14)15)8-12-9-4-6-10(16-3)7-5-9/h4-7,12H,8H2,1-3H3. The van der Waals surface area contributed by atoms with Crippen LogP contribution in [-0.2, 0) is 0 Å². The van der Waals surface area contributed by atoms with Crippen LogP contribution >= 0.6 is 11.8 Å². The maximum atomic E-state index is 10.7. The Morgan fingerprint density at radius 2 is 1.94 bits per heavy atom. The lowest BCUT2D eigenvalue weighted by Crippen LogP contribution is -2.38. The van der Waals surface area contributed by atoms with Crippen molar-refractivity contribution in [2.75, 3.05) is 18.1 Å². The predicted octanol–water partition coefficient (Wildman–Crippen LogP) is 2.88. The minimum atomic E-state index is -0.946. The van der Waals surface area contributed by atoms with Crippen molar-refractivity contribution in [2.24, 2.45) is 0 Å². The zero-order valence-electron chi connectivity index (χ0n) is 9.69. The number of hydrogen-bond acceptors (Lipinski definition) is 4. The van der Waals surface area contributed by atoms with E-state index in [4.69, 9.17) is 0 Å². The van der Waals surface area contributed by atoms with Crippen molar-refractivity contribution in [1.82, 2.24) is 0 Å². The second-order valence-electron chi connectivity index (χ2n) is 4.15. The van der Waals surface area contributed by atoms with Gasteiger partial charge < -0.3 is 5.32 Å². The Bertz CT molecular complexity index is 363. The van der Waals surface area contributed by atoms with Gasteiger partial charge in [0.25, 0.3) is 0 Å². The lowest BCUT2D eigenvalue weighted by Gasteiger charge is -2.16. The van der Waals surface area contributed by atoms with E-state index in [1.165, 1.54) is 4.90 Å². The minimum Gasteiger partial charge on any atom is -0.378 e. The second-order valence-corrected chi connectivity index (χ2v) is 5.03. The Morgan fingerprint density at radius 3 is 2.38 bits per heavy atom. The molecule has 0 saturated heterocycles. The van der Waals surface area contributed by atoms with E-state index in [2.05, 4.69) is 5.32 Å². The number of anilines is 1. The van der Waals surface area contributed by atoms with Crippen LogP contribution in [0.3, 0.4) is 0 Å². The summed E-state index contributed by atoms with van der Waals surface area (Å²) in [7, 11) is 0. The summed E-state index contributed by atoms with van der Waals surface area (Å²) in [5.41, 5.74) is -0.0363. The molecule has 0 radical (unpaired) electrons. The predicted molar refractivity (Wildman–Crippen MR) is 67.8 cm³/mol. The first kappa shape index (κ1) is 12.8. The van der Waals surface area contributed by atoms with Gasteiger partial charge in [0.2, 0.25) is 5.54 Å². The first-order valence-electron chi connectivity index (χ1n) is 4.98. The summed E-state index contributed by atoms with van der Waals surface area (Å²) in [6.45, 7) is 3.53. The molecule has 0 aliphatic carbocycles. The van der Waals surface area contributed by atoms with E-state index in [0.29, 0.717) is 6.54 Å². The van der Waals surface area contributed by atoms with Gasteiger partial charge in [-0.15, -0.1) is 11.8 Å². The summed E-state index contributed by atoms with van der Waals surface area (Å²) in [6.07, 6.45) is 2.01. The van der Waals surface area contributed by atoms with E-state index >= 15 is 0 Å². The van der Waals surface area contributed by atoms with Crippen LogP contribution in [0, 0.1) is 10.1 Å². The third-order valence-electron chi connectivity index (χ3n) is 2.31. The summed E-state index contributed by atoms with van der Waals surface area (Å²) >= 11 is 1.67. The lowest BCUT2D eigenvalue weighted by atomic mass is 10.1. The summed E-state index contributed by atoms with van der Waals surface area (Å²) in [5.74, 6) is 0. The van der Waals surface area contributed by atoms with E-state index in [1.807, 2.05) is 30.5 Å². The average molecular weight is 240 g/mol. The van der Waals surface area contributed by atoms with Gasteiger partial charge in [-0.1, -0.05) is 0 Å². The molecule has 0 amide bonds. The van der Waals surface area contributed by atoms with E-state index in [9.17, 15) is 10.1 Å². The molecule has 0 heterocycles. The number of nitro groups is 1. The highest BCUT2D eigenvalue weighted by molar-refractivity contribution is 7.98. The van der Waals surface area contributed by atoms with Crippen molar-refractivity contribution < 1.29 is 4.92 Å². The van der Waals surface area contributed by atoms with Gasteiger partial charge in [-0.3, -0.25) is 10.1 Å². The van der Waals surface area contributed by atoms with Gasteiger partial charge in [0.05, 0.1) is 6.54 Å². The molecule has 0 atom stereocenters. The van der Waals surface area contributed by atoms with E-state index in [1.54, 1.807) is 25.6 Å². The molecule has 88 valence electrons. The molecule has 1 rings (SSSR count). The SMILES string of the molecule is CSc1ccc(NCC(C)(C)[N+](=O)[O-])cc1. The Labute approximate surface area is 99.6 Å². The molecule has 0 spiro atoms. The van der Waals surface area contributed by atoms with Crippen LogP contribution in [-0.4, -0.2) is 23.3 Å². The lowest BCUT2D eigenvalue weighted by molar-refractivity contribution is -0.556. The fourth-order valence-electron chi connectivity index (χ4n) is 1.09. The van der Waals surface area contributed by atoms with Gasteiger partial charge in [-0.25, -0.2) is 0 Å². The monoisotopic (exact) mass is 240 g/mol. The Balaban J connectivity index is 2.58. The van der Waals surface area contributed by atoms with Gasteiger partial charge in [0.1, 0.15) is 0 Å². The highest BCUT2D eigenvalue weighted by Crippen LogP contribution is 2.18. The Kier molecular flexibility index (Phi) is 4.18. The maximum Gasteiger partial charge on any atom is 0.233 e. The summed E-state index contributed by atoms with van der Waals surface area (Å²) < 4.78 is 0. The Hall–Kier alpha value is -1.23. The Morgan fingerprint density at radius 1 is 1.38 bits per heavy atom. The quantitative estimate of drug-likeness (QED) is 0.488. The van der Waals surface area contributed by atoms with Crippen LogP contribution in [0.1, 0.15) is 13.8 Å². The summed E-state index contributed by atoms with van der Waals surface area (Å²) in [6, 6.07) is 7.85. The topological polar surface area (TPSA) is 55.2 Å². The fraction of sp³-hybridized carbons (Fsp3) is 0.455. The number of nitrogens with one attached hydrogen (secondary N) is 1. The van der Waals surface area contributed by atoms with Gasteiger partial charge in [-0.05, 0) is 30.5 Å². The third-order valence-corrected chi connectivity index (χ3v) is 3.05. The van der Waals surface area contributed by atoms with Crippen LogP contribution in [0.25, 0.3) is 0 Å². The van der Waals surface area contributed by atoms with E-state index in [-0.39, 0.29) is 4.92 Å². The van der Waals surface area contributed by atoms with Crippen molar-refractivity contribution in [1.29, 1.82) is 0 Å². The minimum absolute atomic E-state index is 0.268. The normalized spacial score (nSPS) is 11.2. The molecule has 1 aromatic carbocycles. The van der Waals surface area contributed by atoms with E-state index < -0.39 is 5.54 Å². The molecule has 16 heavy (non-hydrogen) atoms. The number of rotatable bonds is 5. The zero-order valence-corrected chi connectivity index (χ0v) is 10.5. The second kappa shape index (κ2) is 5.21. The highest BCUT2D eigenvalue weighted by atomic mass is 32.2. The van der Waals surface area contributed by atoms with Crippen molar-refractivity contribution in [3.8, 4) is 0 Å². The number of nitrogens with zero attached hydrogens (tertiary/aromatic N) is 1. The summed E-state index contributed by atoms with van der Waals surface area (Å²) in [4.78, 5) is 11.6. The molecule has 5 heteroatoms. The zero-order chi connectivity index (χ0) is 12.2. The molecule has 0 aliphatic rings. The molecule has 1 N–H and O–H groups in total. The smallest absolute Gasteiger partial charge is 0.233 e. The largest absolute Gasteiger partial charge is 0.378 e. The van der Waals surface area contributed by atoms with Crippen LogP contribution in [0.15, 0.2) is 29.2 Å². The maximum absolute atomic E-state index is 10.7. The first-order valence-corrected chi connectivity index (χ1v) is 6.20. The number of thioether (sulfide) groups is 1. The van der Waals surface area contributed by atoms with Gasteiger partial charge in [0, 0.05) is 29.4 Å². The van der Waals surface area contributed by atoms with Crippen LogP contribution in [0.5, 0.6) is 0 Å². The van der Waals surface area contributed by atoms with Crippen molar-refractivity contribution in [2.45, 2.75) is 24.3 Å². The third kappa shape index (κ3) is 3.41. The van der Waals surface area contributed by atoms with E-state index in [0.717, 1.165) is 5.69 Å². The molecule has 0 aliphatic heterocycles. The molecule has 4 nitrogen and oxygen atoms in total. The van der Waals surface area contributed by atoms with Crippen LogP contribution < -0.4 is 5.32 Å². The molecular formula is C11H16N2O2S. The molecular weight excluding hydrogens is 224 g/mol. The van der Waals surface area contributed by atoms with Crippen molar-refractivity contribution in [3.63, 3.8) is 0 Å². The highest BCUT2D eigenvalue weighted by Gasteiger charge is 2.29. The molecule has 0 fully saturated rings. The van der Waals surface area contributed by atoms with Gasteiger partial charge in [0.15, 0.2) is 0 Å². The molecule has 0 bridgehead atoms. The van der Waals surface area contributed by atoms with Crippen LogP contribution in [0.2, 0.25) is 0 Å². The summed E-state index contributed by atoms with van der Waals surface area (Å²) in [5, 5.41) is 13.8. The fourth-order valence-corrected chi connectivity index (χ4v) is 1.50. The molecule has 0 unspecified atom stereocenters.